The Hall–Kier alpha value is -2.10. The van der Waals surface area contributed by atoms with E-state index in [1.54, 1.807) is 0 Å². The minimum absolute atomic E-state index is 0.851. The second kappa shape index (κ2) is 8.73. The van der Waals surface area contributed by atoms with Gasteiger partial charge in [-0.25, -0.2) is 9.97 Å². The molecule has 2 heterocycles. The minimum atomic E-state index is 0.851. The van der Waals surface area contributed by atoms with Crippen molar-refractivity contribution >= 4 is 11.6 Å². The highest BCUT2D eigenvalue weighted by Crippen LogP contribution is 2.31. The van der Waals surface area contributed by atoms with Crippen LogP contribution in [0.4, 0.5) is 11.6 Å². The van der Waals surface area contributed by atoms with E-state index in [1.807, 2.05) is 18.5 Å². The number of piperazine rings is 1. The molecule has 2 aliphatic rings. The van der Waals surface area contributed by atoms with E-state index in [-0.39, 0.29) is 0 Å². The van der Waals surface area contributed by atoms with Crippen molar-refractivity contribution in [3.63, 3.8) is 0 Å². The Morgan fingerprint density at radius 1 is 0.852 bits per heavy atom. The lowest BCUT2D eigenvalue weighted by molar-refractivity contribution is 0.278. The molecule has 0 atom stereocenters. The molecule has 144 valence electrons. The maximum absolute atomic E-state index is 4.37. The Balaban J connectivity index is 1.26. The van der Waals surface area contributed by atoms with Crippen molar-refractivity contribution in [3.8, 4) is 0 Å². The van der Waals surface area contributed by atoms with Crippen LogP contribution < -0.4 is 9.80 Å². The van der Waals surface area contributed by atoms with Crippen LogP contribution in [0.15, 0.2) is 42.7 Å². The fourth-order valence-electron chi connectivity index (χ4n) is 4.48. The average Bonchev–Trinajstić information content (AvgIpc) is 2.75. The van der Waals surface area contributed by atoms with Crippen molar-refractivity contribution in [2.75, 3.05) is 36.0 Å². The van der Waals surface area contributed by atoms with E-state index >= 15 is 0 Å². The number of hydrogen-bond donors (Lipinski definition) is 0. The van der Waals surface area contributed by atoms with Crippen LogP contribution in [0.3, 0.4) is 0 Å². The Labute approximate surface area is 163 Å². The fourth-order valence-corrected chi connectivity index (χ4v) is 4.48. The number of anilines is 2. The molecule has 1 saturated heterocycles. The zero-order valence-corrected chi connectivity index (χ0v) is 16.6. The van der Waals surface area contributed by atoms with E-state index in [0.717, 1.165) is 44.0 Å². The molecule has 0 N–H and O–H groups in total. The number of aryl methyl sites for hydroxylation is 1. The summed E-state index contributed by atoms with van der Waals surface area (Å²) in [5, 5.41) is 0. The summed E-state index contributed by atoms with van der Waals surface area (Å²) in [5.41, 5.74) is 2.84. The monoisotopic (exact) mass is 364 g/mol. The van der Waals surface area contributed by atoms with Gasteiger partial charge < -0.3 is 9.80 Å². The number of aromatic nitrogens is 2. The van der Waals surface area contributed by atoms with Crippen LogP contribution in [0, 0.1) is 11.8 Å². The van der Waals surface area contributed by atoms with Gasteiger partial charge in [0.1, 0.15) is 0 Å². The highest BCUT2D eigenvalue weighted by molar-refractivity contribution is 5.49. The lowest BCUT2D eigenvalue weighted by Crippen LogP contribution is -2.47. The number of hydrogen-bond acceptors (Lipinski definition) is 4. The molecule has 1 saturated carbocycles. The van der Waals surface area contributed by atoms with Gasteiger partial charge in [0.05, 0.1) is 0 Å². The predicted octanol–water partition coefficient (Wildman–Crippen LogP) is 4.56. The molecular weight excluding hydrogens is 332 g/mol. The van der Waals surface area contributed by atoms with Gasteiger partial charge in [-0.3, -0.25) is 0 Å². The molecule has 0 spiro atoms. The lowest BCUT2D eigenvalue weighted by Gasteiger charge is -2.36. The van der Waals surface area contributed by atoms with Gasteiger partial charge >= 0.3 is 0 Å². The summed E-state index contributed by atoms with van der Waals surface area (Å²) in [6, 6.07) is 11.2. The maximum atomic E-state index is 4.37. The largest absolute Gasteiger partial charge is 0.368 e. The van der Waals surface area contributed by atoms with Crippen LogP contribution in [0.25, 0.3) is 0 Å². The van der Waals surface area contributed by atoms with Crippen molar-refractivity contribution < 1.29 is 0 Å². The molecule has 1 aromatic carbocycles. The molecule has 27 heavy (non-hydrogen) atoms. The first kappa shape index (κ1) is 18.3. The van der Waals surface area contributed by atoms with Gasteiger partial charge in [0, 0.05) is 44.3 Å². The average molecular weight is 365 g/mol. The van der Waals surface area contributed by atoms with Crippen LogP contribution in [0.5, 0.6) is 0 Å². The highest BCUT2D eigenvalue weighted by Gasteiger charge is 2.20. The SMILES string of the molecule is CC1CCC(CCc2ccc(N3CCN(c4ncccn4)CC3)cc2)CC1. The molecule has 2 fully saturated rings. The van der Waals surface area contributed by atoms with E-state index in [0.29, 0.717) is 0 Å². The molecule has 2 aromatic rings. The van der Waals surface area contributed by atoms with E-state index in [4.69, 9.17) is 0 Å². The first-order valence-corrected chi connectivity index (χ1v) is 10.6. The summed E-state index contributed by atoms with van der Waals surface area (Å²) in [7, 11) is 0. The topological polar surface area (TPSA) is 32.3 Å². The fraction of sp³-hybridized carbons (Fsp3) is 0.565. The summed E-state index contributed by atoms with van der Waals surface area (Å²) >= 11 is 0. The van der Waals surface area contributed by atoms with Crippen LogP contribution in [0.1, 0.15) is 44.6 Å². The normalized spacial score (nSPS) is 23.4. The zero-order chi connectivity index (χ0) is 18.5. The Kier molecular flexibility index (Phi) is 5.90. The third-order valence-electron chi connectivity index (χ3n) is 6.39. The van der Waals surface area contributed by atoms with Crippen molar-refractivity contribution in [1.82, 2.24) is 9.97 Å². The van der Waals surface area contributed by atoms with E-state index in [9.17, 15) is 0 Å². The van der Waals surface area contributed by atoms with Crippen LogP contribution >= 0.6 is 0 Å². The number of rotatable bonds is 5. The van der Waals surface area contributed by atoms with Gasteiger partial charge in [0.2, 0.25) is 5.95 Å². The molecular formula is C23H32N4. The zero-order valence-electron chi connectivity index (χ0n) is 16.6. The van der Waals surface area contributed by atoms with Crippen LogP contribution in [-0.2, 0) is 6.42 Å². The van der Waals surface area contributed by atoms with Gasteiger partial charge in [0.15, 0.2) is 0 Å². The summed E-state index contributed by atoms with van der Waals surface area (Å²) in [6.07, 6.45) is 12.0. The molecule has 4 heteroatoms. The molecule has 4 nitrogen and oxygen atoms in total. The summed E-state index contributed by atoms with van der Waals surface area (Å²) in [5.74, 6) is 2.76. The summed E-state index contributed by atoms with van der Waals surface area (Å²) in [4.78, 5) is 13.5. The Bertz CT molecular complexity index is 684. The number of benzene rings is 1. The molecule has 1 aliphatic carbocycles. The van der Waals surface area contributed by atoms with E-state index in [1.165, 1.54) is 49.8 Å². The van der Waals surface area contributed by atoms with E-state index < -0.39 is 0 Å². The summed E-state index contributed by atoms with van der Waals surface area (Å²) < 4.78 is 0. The molecule has 0 bridgehead atoms. The third-order valence-corrected chi connectivity index (χ3v) is 6.39. The van der Waals surface area contributed by atoms with Crippen molar-refractivity contribution in [2.45, 2.75) is 45.4 Å². The van der Waals surface area contributed by atoms with Gasteiger partial charge in [-0.15, -0.1) is 0 Å². The highest BCUT2D eigenvalue weighted by atomic mass is 15.3. The van der Waals surface area contributed by atoms with Gasteiger partial charge in [-0.05, 0) is 48.4 Å². The molecule has 1 aliphatic heterocycles. The molecule has 4 rings (SSSR count). The predicted molar refractivity (Wildman–Crippen MR) is 112 cm³/mol. The lowest BCUT2D eigenvalue weighted by atomic mass is 9.80. The van der Waals surface area contributed by atoms with Gasteiger partial charge in [0.25, 0.3) is 0 Å². The van der Waals surface area contributed by atoms with E-state index in [2.05, 4.69) is 51.0 Å². The first-order chi connectivity index (χ1) is 13.3. The molecule has 1 aromatic heterocycles. The summed E-state index contributed by atoms with van der Waals surface area (Å²) in [6.45, 7) is 6.41. The third kappa shape index (κ3) is 4.79. The quantitative estimate of drug-likeness (QED) is 0.778. The Morgan fingerprint density at radius 2 is 1.48 bits per heavy atom. The standard InChI is InChI=1S/C23H32N4/c1-19-3-5-20(6-4-19)7-8-21-9-11-22(12-10-21)26-15-17-27(18-16-26)23-24-13-2-14-25-23/h2,9-14,19-20H,3-8,15-18H2,1H3. The van der Waals surface area contributed by atoms with Crippen LogP contribution in [0.2, 0.25) is 0 Å². The van der Waals surface area contributed by atoms with Gasteiger partial charge in [-0.1, -0.05) is 44.7 Å². The van der Waals surface area contributed by atoms with Crippen LogP contribution in [-0.4, -0.2) is 36.1 Å². The second-order valence-corrected chi connectivity index (χ2v) is 8.35. The second-order valence-electron chi connectivity index (χ2n) is 8.35. The first-order valence-electron chi connectivity index (χ1n) is 10.6. The Morgan fingerprint density at radius 3 is 2.15 bits per heavy atom. The molecule has 0 radical (unpaired) electrons. The van der Waals surface area contributed by atoms with Gasteiger partial charge in [-0.2, -0.15) is 0 Å². The minimum Gasteiger partial charge on any atom is -0.368 e. The number of nitrogens with zero attached hydrogens (tertiary/aromatic N) is 4. The smallest absolute Gasteiger partial charge is 0.225 e. The molecule has 0 unspecified atom stereocenters. The van der Waals surface area contributed by atoms with Crippen molar-refractivity contribution in [2.24, 2.45) is 11.8 Å². The molecule has 0 amide bonds. The maximum Gasteiger partial charge on any atom is 0.225 e. The van der Waals surface area contributed by atoms with Crippen molar-refractivity contribution in [3.05, 3.63) is 48.3 Å². The van der Waals surface area contributed by atoms with Crippen molar-refractivity contribution in [1.29, 1.82) is 0 Å².